The molecule has 0 saturated heterocycles. The SMILES string of the molecule is O=[N+]([O-])c1ccc2ccn(Cc3cc(F)cc(Br)c3)c2c1. The van der Waals surface area contributed by atoms with E-state index in [2.05, 4.69) is 15.9 Å². The van der Waals surface area contributed by atoms with Crippen molar-refractivity contribution in [2.75, 3.05) is 0 Å². The topological polar surface area (TPSA) is 48.1 Å². The van der Waals surface area contributed by atoms with Crippen LogP contribution in [0.1, 0.15) is 5.56 Å². The number of non-ortho nitro benzene ring substituents is 1. The summed E-state index contributed by atoms with van der Waals surface area (Å²) in [6.07, 6.45) is 1.84. The van der Waals surface area contributed by atoms with Crippen molar-refractivity contribution in [1.82, 2.24) is 4.57 Å². The van der Waals surface area contributed by atoms with Crippen molar-refractivity contribution in [3.63, 3.8) is 0 Å². The highest BCUT2D eigenvalue weighted by Gasteiger charge is 2.10. The fraction of sp³-hybridized carbons (Fsp3) is 0.0667. The maximum Gasteiger partial charge on any atom is 0.271 e. The summed E-state index contributed by atoms with van der Waals surface area (Å²) in [5.74, 6) is -0.318. The molecule has 0 spiro atoms. The minimum absolute atomic E-state index is 0.0443. The van der Waals surface area contributed by atoms with E-state index in [9.17, 15) is 14.5 Å². The summed E-state index contributed by atoms with van der Waals surface area (Å²) in [6, 6.07) is 11.3. The summed E-state index contributed by atoms with van der Waals surface area (Å²) in [5, 5.41) is 11.8. The second-order valence-corrected chi connectivity index (χ2v) is 5.64. The van der Waals surface area contributed by atoms with Gasteiger partial charge in [0.05, 0.1) is 10.4 Å². The Morgan fingerprint density at radius 1 is 1.19 bits per heavy atom. The van der Waals surface area contributed by atoms with Crippen LogP contribution in [0.5, 0.6) is 0 Å². The highest BCUT2D eigenvalue weighted by Crippen LogP contribution is 2.23. The zero-order chi connectivity index (χ0) is 15.0. The van der Waals surface area contributed by atoms with Crippen molar-refractivity contribution in [2.45, 2.75) is 6.54 Å². The van der Waals surface area contributed by atoms with Gasteiger partial charge in [0.1, 0.15) is 5.82 Å². The van der Waals surface area contributed by atoms with E-state index in [1.54, 1.807) is 6.07 Å². The minimum atomic E-state index is -0.421. The van der Waals surface area contributed by atoms with Gasteiger partial charge in [-0.3, -0.25) is 10.1 Å². The van der Waals surface area contributed by atoms with E-state index in [1.165, 1.54) is 24.3 Å². The van der Waals surface area contributed by atoms with E-state index < -0.39 is 4.92 Å². The standard InChI is InChI=1S/C15H10BrFN2O2/c16-12-5-10(6-13(17)7-12)9-18-4-3-11-1-2-14(19(20)21)8-15(11)18/h1-8H,9H2. The summed E-state index contributed by atoms with van der Waals surface area (Å²) in [5.41, 5.74) is 1.58. The molecule has 0 aliphatic heterocycles. The lowest BCUT2D eigenvalue weighted by atomic mass is 10.2. The number of aromatic nitrogens is 1. The van der Waals surface area contributed by atoms with Crippen molar-refractivity contribution >= 4 is 32.5 Å². The van der Waals surface area contributed by atoms with Gasteiger partial charge in [0, 0.05) is 34.7 Å². The van der Waals surface area contributed by atoms with Gasteiger partial charge in [-0.2, -0.15) is 0 Å². The number of nitro benzene ring substituents is 1. The van der Waals surface area contributed by atoms with Crippen LogP contribution < -0.4 is 0 Å². The van der Waals surface area contributed by atoms with Crippen molar-refractivity contribution in [3.8, 4) is 0 Å². The smallest absolute Gasteiger partial charge is 0.271 e. The van der Waals surface area contributed by atoms with Gasteiger partial charge in [-0.1, -0.05) is 15.9 Å². The number of nitro groups is 1. The van der Waals surface area contributed by atoms with Crippen LogP contribution in [0.15, 0.2) is 53.1 Å². The third kappa shape index (κ3) is 2.80. The van der Waals surface area contributed by atoms with Crippen LogP contribution >= 0.6 is 15.9 Å². The molecule has 21 heavy (non-hydrogen) atoms. The molecule has 2 aromatic carbocycles. The fourth-order valence-corrected chi connectivity index (χ4v) is 2.84. The molecule has 106 valence electrons. The Morgan fingerprint density at radius 2 is 2.00 bits per heavy atom. The average molecular weight is 349 g/mol. The van der Waals surface area contributed by atoms with Crippen LogP contribution in [0.2, 0.25) is 0 Å². The van der Waals surface area contributed by atoms with Gasteiger partial charge in [-0.05, 0) is 35.9 Å². The first-order valence-electron chi connectivity index (χ1n) is 6.21. The van der Waals surface area contributed by atoms with Crippen molar-refractivity contribution in [2.24, 2.45) is 0 Å². The molecule has 0 amide bonds. The van der Waals surface area contributed by atoms with E-state index in [0.717, 1.165) is 16.5 Å². The summed E-state index contributed by atoms with van der Waals surface area (Å²) in [7, 11) is 0. The van der Waals surface area contributed by atoms with Gasteiger partial charge in [0.15, 0.2) is 0 Å². The number of nitrogens with zero attached hydrogens (tertiary/aromatic N) is 2. The monoisotopic (exact) mass is 348 g/mol. The molecule has 0 bridgehead atoms. The largest absolute Gasteiger partial charge is 0.343 e. The second-order valence-electron chi connectivity index (χ2n) is 4.72. The number of fused-ring (bicyclic) bond motifs is 1. The van der Waals surface area contributed by atoms with Crippen molar-refractivity contribution in [3.05, 3.63) is 74.6 Å². The first kappa shape index (κ1) is 13.8. The van der Waals surface area contributed by atoms with Crippen LogP contribution in [-0.2, 0) is 6.54 Å². The van der Waals surface area contributed by atoms with E-state index in [4.69, 9.17) is 0 Å². The Kier molecular flexibility index (Phi) is 3.47. The normalized spacial score (nSPS) is 11.0. The molecule has 3 rings (SSSR count). The van der Waals surface area contributed by atoms with Crippen LogP contribution in [0, 0.1) is 15.9 Å². The minimum Gasteiger partial charge on any atom is -0.343 e. The van der Waals surface area contributed by atoms with Crippen LogP contribution in [0.4, 0.5) is 10.1 Å². The summed E-state index contributed by atoms with van der Waals surface area (Å²) < 4.78 is 15.9. The van der Waals surface area contributed by atoms with E-state index in [0.29, 0.717) is 11.0 Å². The molecule has 0 unspecified atom stereocenters. The predicted octanol–water partition coefficient (Wildman–Crippen LogP) is 4.50. The number of rotatable bonds is 3. The molecule has 0 fully saturated rings. The van der Waals surface area contributed by atoms with Gasteiger partial charge in [0.25, 0.3) is 5.69 Å². The Morgan fingerprint density at radius 3 is 2.71 bits per heavy atom. The highest BCUT2D eigenvalue weighted by molar-refractivity contribution is 9.10. The molecule has 0 atom stereocenters. The molecule has 4 nitrogen and oxygen atoms in total. The Bertz CT molecular complexity index is 825. The number of hydrogen-bond donors (Lipinski definition) is 0. The van der Waals surface area contributed by atoms with Crippen molar-refractivity contribution in [1.29, 1.82) is 0 Å². The maximum absolute atomic E-state index is 13.4. The quantitative estimate of drug-likeness (QED) is 0.516. The van der Waals surface area contributed by atoms with Gasteiger partial charge in [0.2, 0.25) is 0 Å². The van der Waals surface area contributed by atoms with Gasteiger partial charge >= 0.3 is 0 Å². The molecular weight excluding hydrogens is 339 g/mol. The fourth-order valence-electron chi connectivity index (χ4n) is 2.32. The second kappa shape index (κ2) is 5.29. The van der Waals surface area contributed by atoms with E-state index >= 15 is 0 Å². The van der Waals surface area contributed by atoms with E-state index in [-0.39, 0.29) is 11.5 Å². The molecule has 0 saturated carbocycles. The average Bonchev–Trinajstić information content (AvgIpc) is 2.80. The van der Waals surface area contributed by atoms with Gasteiger partial charge < -0.3 is 4.57 Å². The molecular formula is C15H10BrFN2O2. The summed E-state index contributed by atoms with van der Waals surface area (Å²) >= 11 is 3.26. The lowest BCUT2D eigenvalue weighted by molar-refractivity contribution is -0.384. The zero-order valence-electron chi connectivity index (χ0n) is 10.8. The third-order valence-corrected chi connectivity index (χ3v) is 3.70. The Hall–Kier alpha value is -2.21. The summed E-state index contributed by atoms with van der Waals surface area (Å²) in [6.45, 7) is 0.445. The number of benzene rings is 2. The molecule has 0 N–H and O–H groups in total. The van der Waals surface area contributed by atoms with E-state index in [1.807, 2.05) is 22.9 Å². The third-order valence-electron chi connectivity index (χ3n) is 3.24. The predicted molar refractivity (Wildman–Crippen MR) is 81.8 cm³/mol. The van der Waals surface area contributed by atoms with Gasteiger partial charge in [-0.15, -0.1) is 0 Å². The summed E-state index contributed by atoms with van der Waals surface area (Å²) in [4.78, 5) is 10.4. The van der Waals surface area contributed by atoms with Crippen molar-refractivity contribution < 1.29 is 9.31 Å². The molecule has 1 aromatic heterocycles. The Balaban J connectivity index is 2.03. The van der Waals surface area contributed by atoms with Crippen LogP contribution in [0.25, 0.3) is 10.9 Å². The molecule has 3 aromatic rings. The molecule has 1 heterocycles. The first-order chi connectivity index (χ1) is 10.0. The first-order valence-corrected chi connectivity index (χ1v) is 7.00. The van der Waals surface area contributed by atoms with Gasteiger partial charge in [-0.25, -0.2) is 4.39 Å². The lowest BCUT2D eigenvalue weighted by Gasteiger charge is -2.07. The molecule has 0 aliphatic carbocycles. The zero-order valence-corrected chi connectivity index (χ0v) is 12.4. The Labute approximate surface area is 128 Å². The molecule has 0 aliphatic rings. The highest BCUT2D eigenvalue weighted by atomic mass is 79.9. The van der Waals surface area contributed by atoms with Crippen LogP contribution in [0.3, 0.4) is 0 Å². The van der Waals surface area contributed by atoms with Crippen LogP contribution in [-0.4, -0.2) is 9.49 Å². The maximum atomic E-state index is 13.4. The number of hydrogen-bond acceptors (Lipinski definition) is 2. The molecule has 0 radical (unpaired) electrons. The lowest BCUT2D eigenvalue weighted by Crippen LogP contribution is -1.99. The number of halogens is 2. The molecule has 6 heteroatoms.